The number of benzene rings is 1. The largest absolute Gasteiger partial charge is 0.330 e. The van der Waals surface area contributed by atoms with Gasteiger partial charge in [0.05, 0.1) is 0 Å². The van der Waals surface area contributed by atoms with Crippen LogP contribution < -0.4 is 5.73 Å². The van der Waals surface area contributed by atoms with Crippen LogP contribution in [-0.4, -0.2) is 6.54 Å². The first kappa shape index (κ1) is 10.3. The Morgan fingerprint density at radius 3 is 2.31 bits per heavy atom. The van der Waals surface area contributed by atoms with Gasteiger partial charge in [-0.05, 0) is 30.4 Å². The van der Waals surface area contributed by atoms with Crippen LogP contribution in [0.2, 0.25) is 0 Å². The highest BCUT2D eigenvalue weighted by atomic mass is 14.5. The van der Waals surface area contributed by atoms with Gasteiger partial charge in [-0.2, -0.15) is 0 Å². The summed E-state index contributed by atoms with van der Waals surface area (Å²) in [5.41, 5.74) is 7.30. The Kier molecular flexibility index (Phi) is 3.49. The lowest BCUT2D eigenvalue weighted by atomic mass is 9.83. The molecule has 1 aromatic rings. The fourth-order valence-corrected chi connectivity index (χ4v) is 1.63. The van der Waals surface area contributed by atoms with Crippen LogP contribution >= 0.6 is 0 Å². The van der Waals surface area contributed by atoms with Gasteiger partial charge in [-0.3, -0.25) is 0 Å². The van der Waals surface area contributed by atoms with Crippen LogP contribution in [0.4, 0.5) is 0 Å². The van der Waals surface area contributed by atoms with Crippen LogP contribution in [0.1, 0.15) is 25.8 Å². The lowest BCUT2D eigenvalue weighted by Gasteiger charge is -2.23. The Morgan fingerprint density at radius 1 is 1.15 bits per heavy atom. The lowest BCUT2D eigenvalue weighted by molar-refractivity contribution is 0.339. The highest BCUT2D eigenvalue weighted by Gasteiger charge is 2.16. The maximum atomic E-state index is 5.57. The van der Waals surface area contributed by atoms with Crippen LogP contribution in [-0.2, 0) is 6.42 Å². The van der Waals surface area contributed by atoms with Gasteiger partial charge in [-0.15, -0.1) is 0 Å². The van der Waals surface area contributed by atoms with Crippen molar-refractivity contribution in [3.63, 3.8) is 0 Å². The van der Waals surface area contributed by atoms with Crippen LogP contribution in [0.15, 0.2) is 30.3 Å². The first-order valence-electron chi connectivity index (χ1n) is 4.88. The van der Waals surface area contributed by atoms with E-state index in [0.717, 1.165) is 19.4 Å². The monoisotopic (exact) mass is 177 g/mol. The lowest BCUT2D eigenvalue weighted by Crippen LogP contribution is -2.19. The molecule has 0 aliphatic rings. The molecule has 0 fully saturated rings. The fraction of sp³-hybridized carbons (Fsp3) is 0.500. The second kappa shape index (κ2) is 4.43. The molecule has 1 heteroatoms. The minimum Gasteiger partial charge on any atom is -0.330 e. The minimum atomic E-state index is 0.329. The van der Waals surface area contributed by atoms with Gasteiger partial charge < -0.3 is 5.73 Å². The number of nitrogens with two attached hydrogens (primary N) is 1. The zero-order chi connectivity index (χ0) is 9.73. The summed E-state index contributed by atoms with van der Waals surface area (Å²) in [5, 5.41) is 0. The van der Waals surface area contributed by atoms with E-state index in [1.807, 2.05) is 0 Å². The van der Waals surface area contributed by atoms with Crippen molar-refractivity contribution in [2.75, 3.05) is 6.54 Å². The molecular formula is C12H19N. The van der Waals surface area contributed by atoms with Crippen LogP contribution in [0.25, 0.3) is 0 Å². The van der Waals surface area contributed by atoms with Gasteiger partial charge in [-0.25, -0.2) is 0 Å². The second-order valence-corrected chi connectivity index (χ2v) is 4.37. The average Bonchev–Trinajstić information content (AvgIpc) is 2.04. The molecule has 0 atom stereocenters. The minimum absolute atomic E-state index is 0.329. The SMILES string of the molecule is CC(C)(CCN)Cc1ccccc1. The van der Waals surface area contributed by atoms with Gasteiger partial charge >= 0.3 is 0 Å². The van der Waals surface area contributed by atoms with Crippen molar-refractivity contribution >= 4 is 0 Å². The van der Waals surface area contributed by atoms with E-state index >= 15 is 0 Å². The van der Waals surface area contributed by atoms with E-state index in [9.17, 15) is 0 Å². The molecule has 0 aliphatic heterocycles. The Bertz CT molecular complexity index is 239. The van der Waals surface area contributed by atoms with Gasteiger partial charge in [0.25, 0.3) is 0 Å². The third-order valence-corrected chi connectivity index (χ3v) is 2.35. The molecule has 0 spiro atoms. The Hall–Kier alpha value is -0.820. The molecule has 0 aliphatic carbocycles. The molecule has 0 saturated carbocycles. The van der Waals surface area contributed by atoms with Crippen molar-refractivity contribution in [3.8, 4) is 0 Å². The molecule has 1 rings (SSSR count). The summed E-state index contributed by atoms with van der Waals surface area (Å²) in [6.07, 6.45) is 2.20. The van der Waals surface area contributed by atoms with E-state index in [4.69, 9.17) is 5.73 Å². The molecule has 1 aromatic carbocycles. The summed E-state index contributed by atoms with van der Waals surface area (Å²) < 4.78 is 0. The van der Waals surface area contributed by atoms with Crippen LogP contribution in [0.5, 0.6) is 0 Å². The molecule has 0 saturated heterocycles. The Balaban J connectivity index is 2.58. The summed E-state index contributed by atoms with van der Waals surface area (Å²) in [6, 6.07) is 10.6. The highest BCUT2D eigenvalue weighted by molar-refractivity contribution is 5.16. The topological polar surface area (TPSA) is 26.0 Å². The first-order chi connectivity index (χ1) is 6.14. The standard InChI is InChI=1S/C12H19N/c1-12(2,8-9-13)10-11-6-4-3-5-7-11/h3-7H,8-10,13H2,1-2H3. The quantitative estimate of drug-likeness (QED) is 0.751. The maximum absolute atomic E-state index is 5.57. The van der Waals surface area contributed by atoms with E-state index in [2.05, 4.69) is 44.2 Å². The zero-order valence-electron chi connectivity index (χ0n) is 8.59. The summed E-state index contributed by atoms with van der Waals surface area (Å²) in [6.45, 7) is 5.32. The summed E-state index contributed by atoms with van der Waals surface area (Å²) in [7, 11) is 0. The Morgan fingerprint density at radius 2 is 1.77 bits per heavy atom. The third-order valence-electron chi connectivity index (χ3n) is 2.35. The van der Waals surface area contributed by atoms with E-state index in [1.54, 1.807) is 0 Å². The smallest absolute Gasteiger partial charge is 0.00721 e. The van der Waals surface area contributed by atoms with Crippen molar-refractivity contribution in [3.05, 3.63) is 35.9 Å². The van der Waals surface area contributed by atoms with Gasteiger partial charge in [-0.1, -0.05) is 44.2 Å². The third kappa shape index (κ3) is 3.60. The second-order valence-electron chi connectivity index (χ2n) is 4.37. The van der Waals surface area contributed by atoms with Crippen LogP contribution in [0.3, 0.4) is 0 Å². The van der Waals surface area contributed by atoms with Crippen LogP contribution in [0, 0.1) is 5.41 Å². The molecule has 13 heavy (non-hydrogen) atoms. The van der Waals surface area contributed by atoms with Crippen molar-refractivity contribution in [1.82, 2.24) is 0 Å². The highest BCUT2D eigenvalue weighted by Crippen LogP contribution is 2.24. The normalized spacial score (nSPS) is 11.6. The molecule has 0 radical (unpaired) electrons. The molecule has 72 valence electrons. The fourth-order valence-electron chi connectivity index (χ4n) is 1.63. The average molecular weight is 177 g/mol. The number of hydrogen-bond acceptors (Lipinski definition) is 1. The van der Waals surface area contributed by atoms with E-state index in [1.165, 1.54) is 5.56 Å². The first-order valence-corrected chi connectivity index (χ1v) is 4.88. The van der Waals surface area contributed by atoms with E-state index < -0.39 is 0 Å². The van der Waals surface area contributed by atoms with Gasteiger partial charge in [0.15, 0.2) is 0 Å². The van der Waals surface area contributed by atoms with E-state index in [0.29, 0.717) is 5.41 Å². The van der Waals surface area contributed by atoms with Gasteiger partial charge in [0, 0.05) is 0 Å². The summed E-state index contributed by atoms with van der Waals surface area (Å²) >= 11 is 0. The predicted octanol–water partition coefficient (Wildman–Crippen LogP) is 2.60. The molecule has 0 bridgehead atoms. The molecule has 0 amide bonds. The molecule has 0 aromatic heterocycles. The van der Waals surface area contributed by atoms with Gasteiger partial charge in [0.1, 0.15) is 0 Å². The molecule has 1 nitrogen and oxygen atoms in total. The van der Waals surface area contributed by atoms with Crippen molar-refractivity contribution < 1.29 is 0 Å². The maximum Gasteiger partial charge on any atom is -0.00721 e. The molecule has 0 heterocycles. The molecule has 2 N–H and O–H groups in total. The molecular weight excluding hydrogens is 158 g/mol. The van der Waals surface area contributed by atoms with Crippen molar-refractivity contribution in [1.29, 1.82) is 0 Å². The zero-order valence-corrected chi connectivity index (χ0v) is 8.59. The van der Waals surface area contributed by atoms with E-state index in [-0.39, 0.29) is 0 Å². The number of hydrogen-bond donors (Lipinski definition) is 1. The molecule has 0 unspecified atom stereocenters. The summed E-state index contributed by atoms with van der Waals surface area (Å²) in [4.78, 5) is 0. The Labute approximate surface area is 81.0 Å². The number of rotatable bonds is 4. The van der Waals surface area contributed by atoms with Crippen molar-refractivity contribution in [2.24, 2.45) is 11.1 Å². The van der Waals surface area contributed by atoms with Crippen molar-refractivity contribution in [2.45, 2.75) is 26.7 Å². The van der Waals surface area contributed by atoms with Gasteiger partial charge in [0.2, 0.25) is 0 Å². The predicted molar refractivity (Wildman–Crippen MR) is 57.6 cm³/mol. The summed E-state index contributed by atoms with van der Waals surface area (Å²) in [5.74, 6) is 0.